The van der Waals surface area contributed by atoms with Crippen molar-refractivity contribution < 1.29 is 4.79 Å². The number of nitrogens with zero attached hydrogens (tertiary/aromatic N) is 3. The van der Waals surface area contributed by atoms with Gasteiger partial charge in [-0.2, -0.15) is 0 Å². The second-order valence-electron chi connectivity index (χ2n) is 4.29. The highest BCUT2D eigenvalue weighted by atomic mass is 35.5. The summed E-state index contributed by atoms with van der Waals surface area (Å²) in [5.74, 6) is 1.07. The van der Waals surface area contributed by atoms with Crippen LogP contribution in [0.1, 0.15) is 16.8 Å². The lowest BCUT2D eigenvalue weighted by atomic mass is 10.2. The van der Waals surface area contributed by atoms with E-state index in [0.29, 0.717) is 24.6 Å². The van der Waals surface area contributed by atoms with Gasteiger partial charge in [-0.05, 0) is 5.56 Å². The first kappa shape index (κ1) is 12.7. The molecule has 102 valence electrons. The minimum absolute atomic E-state index is 0.322. The van der Waals surface area contributed by atoms with Gasteiger partial charge >= 0.3 is 0 Å². The molecule has 0 aliphatic carbocycles. The van der Waals surface area contributed by atoms with Crippen molar-refractivity contribution in [2.75, 3.05) is 5.32 Å². The summed E-state index contributed by atoms with van der Waals surface area (Å²) in [5, 5.41) is 5.49. The van der Waals surface area contributed by atoms with Gasteiger partial charge in [0.2, 0.25) is 12.4 Å². The molecule has 1 unspecified atom stereocenters. The van der Waals surface area contributed by atoms with E-state index in [0.717, 1.165) is 11.4 Å². The smallest absolute Gasteiger partial charge is 0.213 e. The molecule has 0 bridgehead atoms. The van der Waals surface area contributed by atoms with E-state index in [1.807, 2.05) is 34.9 Å². The van der Waals surface area contributed by atoms with Gasteiger partial charge in [0.05, 0.1) is 12.9 Å². The molecule has 0 fully saturated rings. The van der Waals surface area contributed by atoms with Gasteiger partial charge in [-0.25, -0.2) is 9.98 Å². The van der Waals surface area contributed by atoms with E-state index in [4.69, 9.17) is 11.6 Å². The summed E-state index contributed by atoms with van der Waals surface area (Å²) in [6, 6.07) is 10.0. The lowest BCUT2D eigenvalue weighted by Crippen LogP contribution is -2.33. The van der Waals surface area contributed by atoms with Crippen molar-refractivity contribution in [3.63, 3.8) is 0 Å². The number of carbonyl (C=O) groups is 1. The number of fused-ring (bicyclic) bond motifs is 1. The van der Waals surface area contributed by atoms with Crippen molar-refractivity contribution in [1.82, 2.24) is 14.9 Å². The Morgan fingerprint density at radius 2 is 2.20 bits per heavy atom. The molecule has 6 nitrogen and oxygen atoms in total. The summed E-state index contributed by atoms with van der Waals surface area (Å²) in [7, 11) is 0. The van der Waals surface area contributed by atoms with Crippen molar-refractivity contribution in [3.8, 4) is 0 Å². The summed E-state index contributed by atoms with van der Waals surface area (Å²) in [6.45, 7) is 0.661. The molecule has 0 saturated heterocycles. The van der Waals surface area contributed by atoms with Crippen LogP contribution in [0.4, 0.5) is 5.82 Å². The number of nitrogens with one attached hydrogen (secondary N) is 2. The molecular formula is C13H12ClN5O. The summed E-state index contributed by atoms with van der Waals surface area (Å²) in [4.78, 5) is 18.9. The predicted molar refractivity (Wildman–Crippen MR) is 76.6 cm³/mol. The highest BCUT2D eigenvalue weighted by molar-refractivity contribution is 6.22. The third kappa shape index (κ3) is 2.37. The van der Waals surface area contributed by atoms with Crippen LogP contribution < -0.4 is 10.6 Å². The van der Waals surface area contributed by atoms with E-state index >= 15 is 0 Å². The Bertz CT molecular complexity index is 652. The minimum Gasteiger partial charge on any atom is -0.312 e. The van der Waals surface area contributed by atoms with Crippen LogP contribution in [0.15, 0.2) is 41.7 Å². The molecule has 1 atom stereocenters. The number of amides is 1. The van der Waals surface area contributed by atoms with Crippen LogP contribution in [-0.4, -0.2) is 21.9 Å². The molecule has 0 radical (unpaired) electrons. The molecule has 3 rings (SSSR count). The number of carbonyl (C=O) groups excluding carboxylic acids is 1. The van der Waals surface area contributed by atoms with Crippen LogP contribution in [0.25, 0.3) is 0 Å². The lowest BCUT2D eigenvalue weighted by molar-refractivity contribution is -0.108. The Kier molecular flexibility index (Phi) is 3.39. The number of hydrogen-bond donors (Lipinski definition) is 2. The quantitative estimate of drug-likeness (QED) is 0.513. The average molecular weight is 290 g/mol. The molecule has 1 aliphatic heterocycles. The summed E-state index contributed by atoms with van der Waals surface area (Å²) >= 11 is 6.13. The Balaban J connectivity index is 1.88. The molecule has 1 amide bonds. The maximum atomic E-state index is 10.5. The second kappa shape index (κ2) is 5.34. The van der Waals surface area contributed by atoms with E-state index in [1.54, 1.807) is 6.33 Å². The van der Waals surface area contributed by atoms with Crippen LogP contribution in [0.3, 0.4) is 0 Å². The molecule has 1 aromatic heterocycles. The van der Waals surface area contributed by atoms with E-state index in [9.17, 15) is 4.79 Å². The Morgan fingerprint density at radius 3 is 2.95 bits per heavy atom. The van der Waals surface area contributed by atoms with Gasteiger partial charge in [-0.3, -0.25) is 10.1 Å². The fraction of sp³-hybridized carbons (Fsp3) is 0.154. The number of imidazole rings is 1. The number of anilines is 1. The van der Waals surface area contributed by atoms with E-state index < -0.39 is 5.50 Å². The number of benzene rings is 1. The Labute approximate surface area is 120 Å². The Morgan fingerprint density at radius 1 is 1.40 bits per heavy atom. The number of guanidine groups is 1. The van der Waals surface area contributed by atoms with Crippen LogP contribution >= 0.6 is 11.6 Å². The number of halogens is 1. The van der Waals surface area contributed by atoms with Gasteiger partial charge in [-0.1, -0.05) is 41.9 Å². The zero-order valence-electron chi connectivity index (χ0n) is 10.5. The van der Waals surface area contributed by atoms with Gasteiger partial charge in [0.25, 0.3) is 0 Å². The number of rotatable bonds is 3. The van der Waals surface area contributed by atoms with E-state index in [-0.39, 0.29) is 0 Å². The third-order valence-electron chi connectivity index (χ3n) is 2.96. The fourth-order valence-electron chi connectivity index (χ4n) is 2.06. The predicted octanol–water partition coefficient (Wildman–Crippen LogP) is 1.70. The highest BCUT2D eigenvalue weighted by Gasteiger charge is 2.24. The van der Waals surface area contributed by atoms with Crippen molar-refractivity contribution in [2.45, 2.75) is 12.0 Å². The SMILES string of the molecule is O=CNC1=NC(Cl)c2ncn(Cc3ccccc3)c2N1. The molecule has 1 aromatic carbocycles. The van der Waals surface area contributed by atoms with Gasteiger partial charge in [0, 0.05) is 0 Å². The van der Waals surface area contributed by atoms with Gasteiger partial charge in [0.15, 0.2) is 5.50 Å². The number of hydrogen-bond acceptors (Lipinski definition) is 4. The van der Waals surface area contributed by atoms with Crippen molar-refractivity contribution >= 4 is 29.8 Å². The highest BCUT2D eigenvalue weighted by Crippen LogP contribution is 2.31. The monoisotopic (exact) mass is 289 g/mol. The number of aromatic nitrogens is 2. The number of alkyl halides is 1. The third-order valence-corrected chi connectivity index (χ3v) is 3.27. The first-order valence-corrected chi connectivity index (χ1v) is 6.49. The molecule has 1 aliphatic rings. The maximum Gasteiger partial charge on any atom is 0.213 e. The van der Waals surface area contributed by atoms with Crippen LogP contribution in [0.5, 0.6) is 0 Å². The van der Waals surface area contributed by atoms with Gasteiger partial charge in [0.1, 0.15) is 11.5 Å². The van der Waals surface area contributed by atoms with Crippen LogP contribution in [-0.2, 0) is 11.3 Å². The summed E-state index contributed by atoms with van der Waals surface area (Å²) in [6.07, 6.45) is 2.26. The standard InChI is InChI=1S/C13H12ClN5O/c14-11-10-12(18-13(17-11)16-8-20)19(7-15-10)6-9-4-2-1-3-5-9/h1-5,7-8,11H,6H2,(H2,16,17,18,20). The van der Waals surface area contributed by atoms with Crippen LogP contribution in [0.2, 0.25) is 0 Å². The van der Waals surface area contributed by atoms with Crippen molar-refractivity contribution in [1.29, 1.82) is 0 Å². The normalized spacial score (nSPS) is 16.9. The van der Waals surface area contributed by atoms with Gasteiger partial charge in [-0.15, -0.1) is 0 Å². The topological polar surface area (TPSA) is 71.3 Å². The second-order valence-corrected chi connectivity index (χ2v) is 4.71. The Hall–Kier alpha value is -2.34. The zero-order chi connectivity index (χ0) is 13.9. The molecule has 7 heteroatoms. The molecule has 2 N–H and O–H groups in total. The lowest BCUT2D eigenvalue weighted by Gasteiger charge is -2.19. The largest absolute Gasteiger partial charge is 0.312 e. The van der Waals surface area contributed by atoms with E-state index in [2.05, 4.69) is 20.6 Å². The number of aliphatic imine (C=N–C) groups is 1. The van der Waals surface area contributed by atoms with E-state index in [1.165, 1.54) is 0 Å². The summed E-state index contributed by atoms with van der Waals surface area (Å²) < 4.78 is 1.93. The minimum atomic E-state index is -0.606. The first-order valence-electron chi connectivity index (χ1n) is 6.06. The van der Waals surface area contributed by atoms with Crippen molar-refractivity contribution in [3.05, 3.63) is 47.9 Å². The molecule has 0 spiro atoms. The van der Waals surface area contributed by atoms with Gasteiger partial charge < -0.3 is 9.88 Å². The van der Waals surface area contributed by atoms with Crippen LogP contribution in [0, 0.1) is 0 Å². The summed E-state index contributed by atoms with van der Waals surface area (Å²) in [5.41, 5.74) is 1.19. The maximum absolute atomic E-state index is 10.5. The average Bonchev–Trinajstić information content (AvgIpc) is 2.84. The molecule has 0 saturated carbocycles. The zero-order valence-corrected chi connectivity index (χ0v) is 11.2. The fourth-order valence-corrected chi connectivity index (χ4v) is 2.31. The van der Waals surface area contributed by atoms with Crippen molar-refractivity contribution in [2.24, 2.45) is 4.99 Å². The molecular weight excluding hydrogens is 278 g/mol. The molecule has 2 heterocycles. The first-order chi connectivity index (χ1) is 9.78. The molecule has 20 heavy (non-hydrogen) atoms. The molecule has 2 aromatic rings.